The zero-order valence-electron chi connectivity index (χ0n) is 5.71. The highest BCUT2D eigenvalue weighted by Crippen LogP contribution is 2.54. The van der Waals surface area contributed by atoms with Crippen molar-refractivity contribution in [2.45, 2.75) is 25.7 Å². The van der Waals surface area contributed by atoms with Gasteiger partial charge in [0.2, 0.25) is 0 Å². The molecule has 52 valence electrons. The lowest BCUT2D eigenvalue weighted by atomic mass is 10.0. The lowest BCUT2D eigenvalue weighted by molar-refractivity contribution is 0.252. The molecule has 1 N–H and O–H groups in total. The van der Waals surface area contributed by atoms with E-state index in [9.17, 15) is 0 Å². The Bertz CT molecular complexity index is 101. The first-order valence-corrected chi connectivity index (χ1v) is 4.01. The highest BCUT2D eigenvalue weighted by Gasteiger charge is 2.45. The molecule has 0 bridgehead atoms. The van der Waals surface area contributed by atoms with Crippen LogP contribution in [0.15, 0.2) is 0 Å². The van der Waals surface area contributed by atoms with Crippen LogP contribution in [0.2, 0.25) is 0 Å². The maximum Gasteiger partial charge on any atom is 0.0433 e. The molecule has 0 saturated heterocycles. The van der Waals surface area contributed by atoms with E-state index in [0.29, 0.717) is 6.61 Å². The van der Waals surface area contributed by atoms with E-state index in [2.05, 4.69) is 0 Å². The van der Waals surface area contributed by atoms with Crippen LogP contribution in [-0.4, -0.2) is 11.7 Å². The minimum Gasteiger partial charge on any atom is -0.396 e. The van der Waals surface area contributed by atoms with Crippen molar-refractivity contribution in [3.8, 4) is 0 Å². The zero-order valence-corrected chi connectivity index (χ0v) is 5.71. The van der Waals surface area contributed by atoms with Crippen LogP contribution in [0.1, 0.15) is 25.7 Å². The summed E-state index contributed by atoms with van der Waals surface area (Å²) in [6.07, 6.45) is 5.41. The van der Waals surface area contributed by atoms with E-state index < -0.39 is 0 Å². The fraction of sp³-hybridized carbons (Fsp3) is 1.00. The molecule has 2 unspecified atom stereocenters. The summed E-state index contributed by atoms with van der Waals surface area (Å²) in [5.74, 6) is 3.06. The number of aliphatic hydroxyl groups excluding tert-OH is 1. The Morgan fingerprint density at radius 2 is 1.78 bits per heavy atom. The predicted octanol–water partition coefficient (Wildman–Crippen LogP) is 1.41. The quantitative estimate of drug-likeness (QED) is 0.593. The van der Waals surface area contributed by atoms with Gasteiger partial charge in [0.1, 0.15) is 0 Å². The van der Waals surface area contributed by atoms with Crippen molar-refractivity contribution in [3.05, 3.63) is 0 Å². The van der Waals surface area contributed by atoms with Gasteiger partial charge in [-0.05, 0) is 43.4 Å². The maximum atomic E-state index is 8.63. The van der Waals surface area contributed by atoms with Gasteiger partial charge in [-0.2, -0.15) is 0 Å². The highest BCUT2D eigenvalue weighted by molar-refractivity contribution is 4.95. The van der Waals surface area contributed by atoms with Gasteiger partial charge in [-0.1, -0.05) is 0 Å². The van der Waals surface area contributed by atoms with Gasteiger partial charge in [0.25, 0.3) is 0 Å². The second-order valence-corrected chi connectivity index (χ2v) is 3.61. The summed E-state index contributed by atoms with van der Waals surface area (Å²) in [6, 6.07) is 0. The van der Waals surface area contributed by atoms with E-state index in [0.717, 1.165) is 24.2 Å². The molecule has 0 heterocycles. The predicted molar refractivity (Wildman–Crippen MR) is 36.0 cm³/mol. The van der Waals surface area contributed by atoms with Crippen molar-refractivity contribution in [2.75, 3.05) is 6.61 Å². The number of aliphatic hydroxyl groups is 1. The summed E-state index contributed by atoms with van der Waals surface area (Å²) < 4.78 is 0. The van der Waals surface area contributed by atoms with Gasteiger partial charge in [0.05, 0.1) is 0 Å². The summed E-state index contributed by atoms with van der Waals surface area (Å²) in [4.78, 5) is 0. The molecule has 0 radical (unpaired) electrons. The van der Waals surface area contributed by atoms with Crippen LogP contribution in [0, 0.1) is 17.8 Å². The first-order chi connectivity index (χ1) is 4.40. The second-order valence-electron chi connectivity index (χ2n) is 3.61. The first-order valence-electron chi connectivity index (χ1n) is 4.01. The van der Waals surface area contributed by atoms with Crippen LogP contribution < -0.4 is 0 Å². The van der Waals surface area contributed by atoms with E-state index in [1.165, 1.54) is 19.3 Å². The summed E-state index contributed by atoms with van der Waals surface area (Å²) in [5, 5.41) is 8.63. The summed E-state index contributed by atoms with van der Waals surface area (Å²) >= 11 is 0. The molecule has 2 fully saturated rings. The van der Waals surface area contributed by atoms with E-state index in [1.807, 2.05) is 0 Å². The number of rotatable bonds is 2. The third-order valence-electron chi connectivity index (χ3n) is 2.88. The van der Waals surface area contributed by atoms with E-state index >= 15 is 0 Å². The van der Waals surface area contributed by atoms with Crippen molar-refractivity contribution >= 4 is 0 Å². The molecule has 1 nitrogen and oxygen atoms in total. The molecule has 0 aliphatic heterocycles. The number of fused-ring (bicyclic) bond motifs is 1. The van der Waals surface area contributed by atoms with Crippen LogP contribution in [0.25, 0.3) is 0 Å². The number of hydrogen-bond acceptors (Lipinski definition) is 1. The van der Waals surface area contributed by atoms with Crippen LogP contribution in [0.3, 0.4) is 0 Å². The lowest BCUT2D eigenvalue weighted by Crippen LogP contribution is -1.99. The Kier molecular flexibility index (Phi) is 1.26. The Morgan fingerprint density at radius 3 is 2.33 bits per heavy atom. The molecule has 2 aliphatic carbocycles. The van der Waals surface area contributed by atoms with Crippen molar-refractivity contribution in [3.63, 3.8) is 0 Å². The Morgan fingerprint density at radius 1 is 1.11 bits per heavy atom. The van der Waals surface area contributed by atoms with Gasteiger partial charge in [-0.15, -0.1) is 0 Å². The minimum absolute atomic E-state index is 0.407. The van der Waals surface area contributed by atoms with Gasteiger partial charge in [0.15, 0.2) is 0 Å². The summed E-state index contributed by atoms with van der Waals surface area (Å²) in [7, 11) is 0. The van der Waals surface area contributed by atoms with Gasteiger partial charge < -0.3 is 5.11 Å². The standard InChI is InChI=1S/C8H14O/c9-2-1-6-3-7-5-8(7)4-6/h6-9H,1-5H2. The number of hydrogen-bond donors (Lipinski definition) is 1. The molecule has 1 heteroatoms. The fourth-order valence-corrected chi connectivity index (χ4v) is 2.26. The van der Waals surface area contributed by atoms with Crippen LogP contribution in [0.4, 0.5) is 0 Å². The SMILES string of the molecule is OCCC1CC2CC2C1. The molecule has 9 heavy (non-hydrogen) atoms. The first kappa shape index (κ1) is 5.72. The fourth-order valence-electron chi connectivity index (χ4n) is 2.26. The van der Waals surface area contributed by atoms with E-state index in [-0.39, 0.29) is 0 Å². The summed E-state index contributed by atoms with van der Waals surface area (Å²) in [5.41, 5.74) is 0. The Hall–Kier alpha value is -0.0400. The Balaban J connectivity index is 1.77. The zero-order chi connectivity index (χ0) is 6.27. The third kappa shape index (κ3) is 0.983. The molecule has 0 aromatic heterocycles. The molecular weight excluding hydrogens is 112 g/mol. The second kappa shape index (κ2) is 1.98. The highest BCUT2D eigenvalue weighted by atomic mass is 16.3. The Labute approximate surface area is 56.1 Å². The largest absolute Gasteiger partial charge is 0.396 e. The molecule has 2 aliphatic rings. The van der Waals surface area contributed by atoms with Gasteiger partial charge in [-0.3, -0.25) is 0 Å². The molecule has 0 aromatic rings. The van der Waals surface area contributed by atoms with Crippen molar-refractivity contribution in [2.24, 2.45) is 17.8 Å². The topological polar surface area (TPSA) is 20.2 Å². The van der Waals surface area contributed by atoms with E-state index in [4.69, 9.17) is 5.11 Å². The van der Waals surface area contributed by atoms with Crippen molar-refractivity contribution < 1.29 is 5.11 Å². The molecule has 2 rings (SSSR count). The average Bonchev–Trinajstić information content (AvgIpc) is 2.42. The molecule has 2 saturated carbocycles. The monoisotopic (exact) mass is 126 g/mol. The van der Waals surface area contributed by atoms with Crippen molar-refractivity contribution in [1.29, 1.82) is 0 Å². The minimum atomic E-state index is 0.407. The smallest absolute Gasteiger partial charge is 0.0433 e. The van der Waals surface area contributed by atoms with Crippen LogP contribution in [0.5, 0.6) is 0 Å². The lowest BCUT2D eigenvalue weighted by Gasteiger charge is -2.07. The molecule has 2 atom stereocenters. The van der Waals surface area contributed by atoms with Crippen LogP contribution in [-0.2, 0) is 0 Å². The van der Waals surface area contributed by atoms with Crippen molar-refractivity contribution in [1.82, 2.24) is 0 Å². The van der Waals surface area contributed by atoms with Gasteiger partial charge in [0, 0.05) is 6.61 Å². The molecular formula is C8H14O. The maximum absolute atomic E-state index is 8.63. The van der Waals surface area contributed by atoms with Gasteiger partial charge in [-0.25, -0.2) is 0 Å². The van der Waals surface area contributed by atoms with Gasteiger partial charge >= 0.3 is 0 Å². The molecule has 0 aromatic carbocycles. The third-order valence-corrected chi connectivity index (χ3v) is 2.88. The normalized spacial score (nSPS) is 47.0. The molecule has 0 spiro atoms. The molecule has 0 amide bonds. The van der Waals surface area contributed by atoms with E-state index in [1.54, 1.807) is 0 Å². The average molecular weight is 126 g/mol. The summed E-state index contributed by atoms with van der Waals surface area (Å²) in [6.45, 7) is 0.407. The van der Waals surface area contributed by atoms with Crippen LogP contribution >= 0.6 is 0 Å².